The monoisotopic (exact) mass is 514 g/mol. The largest absolute Gasteiger partial charge is 0.355 e. The summed E-state index contributed by atoms with van der Waals surface area (Å²) in [6.45, 7) is 6.92. The van der Waals surface area contributed by atoms with E-state index in [4.69, 9.17) is 0 Å². The number of rotatable bonds is 5. The van der Waals surface area contributed by atoms with E-state index in [1.165, 1.54) is 12.8 Å². The van der Waals surface area contributed by atoms with Gasteiger partial charge in [0.1, 0.15) is 0 Å². The number of nitrogens with one attached hydrogen (secondary N) is 2. The van der Waals surface area contributed by atoms with Crippen LogP contribution in [0.4, 0.5) is 0 Å². The number of amides is 1. The van der Waals surface area contributed by atoms with E-state index in [0.717, 1.165) is 25.8 Å². The maximum atomic E-state index is 12.5. The number of guanidine groups is 1. The van der Waals surface area contributed by atoms with Crippen molar-refractivity contribution in [3.8, 4) is 0 Å². The summed E-state index contributed by atoms with van der Waals surface area (Å²) in [4.78, 5) is 18.7. The molecule has 2 N–H and O–H groups in total. The number of nitrogens with zero attached hydrogens (tertiary/aromatic N) is 2. The van der Waals surface area contributed by atoms with Gasteiger partial charge in [-0.3, -0.25) is 9.79 Å². The van der Waals surface area contributed by atoms with E-state index < -0.39 is 14.6 Å². The molecule has 9 heteroatoms. The molecule has 27 heavy (non-hydrogen) atoms. The van der Waals surface area contributed by atoms with Gasteiger partial charge in [-0.25, -0.2) is 8.42 Å². The minimum atomic E-state index is -3.16. The molecule has 1 atom stereocenters. The lowest BCUT2D eigenvalue weighted by Crippen LogP contribution is -2.47. The van der Waals surface area contributed by atoms with Crippen LogP contribution in [0.15, 0.2) is 4.99 Å². The molecule has 1 aliphatic heterocycles. The predicted molar refractivity (Wildman–Crippen MR) is 120 cm³/mol. The van der Waals surface area contributed by atoms with E-state index in [1.807, 2.05) is 4.90 Å². The highest BCUT2D eigenvalue weighted by Crippen LogP contribution is 2.27. The number of halogens is 1. The van der Waals surface area contributed by atoms with Gasteiger partial charge in [0, 0.05) is 38.6 Å². The molecular weight excluding hydrogens is 479 g/mol. The van der Waals surface area contributed by atoms with Gasteiger partial charge in [0.25, 0.3) is 0 Å². The van der Waals surface area contributed by atoms with Crippen LogP contribution < -0.4 is 10.6 Å². The molecule has 2 aliphatic rings. The molecule has 0 aromatic rings. The quantitative estimate of drug-likeness (QED) is 0.332. The van der Waals surface area contributed by atoms with Crippen molar-refractivity contribution in [2.45, 2.75) is 63.7 Å². The Morgan fingerprint density at radius 3 is 2.37 bits per heavy atom. The molecule has 1 unspecified atom stereocenters. The normalized spacial score (nSPS) is 21.9. The topological polar surface area (TPSA) is 90.9 Å². The van der Waals surface area contributed by atoms with E-state index in [1.54, 1.807) is 27.8 Å². The average molecular weight is 514 g/mol. The molecule has 1 saturated heterocycles. The Bertz CT molecular complexity index is 625. The van der Waals surface area contributed by atoms with Crippen LogP contribution in [0, 0.1) is 5.92 Å². The zero-order valence-corrected chi connectivity index (χ0v) is 20.1. The molecule has 2 rings (SSSR count). The van der Waals surface area contributed by atoms with Crippen LogP contribution in [0.1, 0.15) is 52.9 Å². The molecule has 7 nitrogen and oxygen atoms in total. The highest BCUT2D eigenvalue weighted by Gasteiger charge is 2.32. The summed E-state index contributed by atoms with van der Waals surface area (Å²) in [6, 6.07) is 0.158. The number of hydrogen-bond donors (Lipinski definition) is 2. The number of carbonyl (C=O) groups is 1. The Labute approximate surface area is 181 Å². The van der Waals surface area contributed by atoms with Gasteiger partial charge >= 0.3 is 0 Å². The third kappa shape index (κ3) is 6.76. The van der Waals surface area contributed by atoms with Crippen LogP contribution in [0.5, 0.6) is 0 Å². The summed E-state index contributed by atoms with van der Waals surface area (Å²) in [5, 5.41) is 6.40. The first-order valence-corrected chi connectivity index (χ1v) is 11.3. The molecule has 2 fully saturated rings. The highest BCUT2D eigenvalue weighted by molar-refractivity contribution is 14.0. The molecule has 1 saturated carbocycles. The lowest BCUT2D eigenvalue weighted by Gasteiger charge is -2.22. The smallest absolute Gasteiger partial charge is 0.225 e. The van der Waals surface area contributed by atoms with Gasteiger partial charge in [0.2, 0.25) is 5.91 Å². The van der Waals surface area contributed by atoms with Gasteiger partial charge in [-0.05, 0) is 40.0 Å². The molecule has 0 aromatic carbocycles. The van der Waals surface area contributed by atoms with Crippen molar-refractivity contribution in [1.82, 2.24) is 15.5 Å². The maximum Gasteiger partial charge on any atom is 0.225 e. The minimum absolute atomic E-state index is 0. The Hall–Kier alpha value is -0.580. The summed E-state index contributed by atoms with van der Waals surface area (Å²) in [5.41, 5.74) is 0. The number of hydrogen-bond acceptors (Lipinski definition) is 4. The van der Waals surface area contributed by atoms with Gasteiger partial charge < -0.3 is 15.5 Å². The lowest BCUT2D eigenvalue weighted by molar-refractivity contribution is -0.134. The van der Waals surface area contributed by atoms with Crippen molar-refractivity contribution in [3.63, 3.8) is 0 Å². The average Bonchev–Trinajstić information content (AvgIpc) is 3.24. The van der Waals surface area contributed by atoms with Crippen LogP contribution in [-0.2, 0) is 14.6 Å². The Morgan fingerprint density at radius 1 is 1.19 bits per heavy atom. The summed E-state index contributed by atoms with van der Waals surface area (Å²) in [7, 11) is -1.49. The van der Waals surface area contributed by atoms with Gasteiger partial charge in [0.05, 0.1) is 10.5 Å². The zero-order valence-electron chi connectivity index (χ0n) is 17.0. The molecular formula is C18H35IN4O3S. The van der Waals surface area contributed by atoms with Crippen LogP contribution in [0.25, 0.3) is 0 Å². The number of sulfone groups is 1. The second kappa shape index (κ2) is 10.3. The SMILES string of the molecule is CN=C(NCCS(=O)(=O)C(C)(C)C)NC1CCN(C(=O)C2CCCC2)C1.I. The fourth-order valence-corrected chi connectivity index (χ4v) is 4.49. The minimum Gasteiger partial charge on any atom is -0.355 e. The van der Waals surface area contributed by atoms with E-state index >= 15 is 0 Å². The predicted octanol–water partition coefficient (Wildman–Crippen LogP) is 1.77. The van der Waals surface area contributed by atoms with Gasteiger partial charge in [-0.2, -0.15) is 0 Å². The summed E-state index contributed by atoms with van der Waals surface area (Å²) < 4.78 is 23.6. The first-order valence-electron chi connectivity index (χ1n) is 9.62. The number of carbonyl (C=O) groups excluding carboxylic acids is 1. The lowest BCUT2D eigenvalue weighted by atomic mass is 10.1. The molecule has 1 amide bonds. The van der Waals surface area contributed by atoms with E-state index in [-0.39, 0.29) is 41.7 Å². The third-order valence-corrected chi connectivity index (χ3v) is 7.97. The first-order chi connectivity index (χ1) is 12.1. The van der Waals surface area contributed by atoms with Crippen molar-refractivity contribution >= 4 is 45.7 Å². The van der Waals surface area contributed by atoms with Crippen molar-refractivity contribution in [2.75, 3.05) is 32.4 Å². The molecule has 1 heterocycles. The molecule has 0 bridgehead atoms. The second-order valence-corrected chi connectivity index (χ2v) is 11.2. The van der Waals surface area contributed by atoms with Gasteiger partial charge in [-0.15, -0.1) is 24.0 Å². The van der Waals surface area contributed by atoms with Crippen LogP contribution in [0.3, 0.4) is 0 Å². The van der Waals surface area contributed by atoms with Crippen molar-refractivity contribution in [3.05, 3.63) is 0 Å². The summed E-state index contributed by atoms with van der Waals surface area (Å²) in [6.07, 6.45) is 5.27. The zero-order chi connectivity index (χ0) is 19.4. The molecule has 0 radical (unpaired) electrons. The first kappa shape index (κ1) is 24.5. The third-order valence-electron chi connectivity index (χ3n) is 5.37. The van der Waals surface area contributed by atoms with Gasteiger partial charge in [-0.1, -0.05) is 12.8 Å². The summed E-state index contributed by atoms with van der Waals surface area (Å²) >= 11 is 0. The van der Waals surface area contributed by atoms with Crippen LogP contribution in [0.2, 0.25) is 0 Å². The standard InChI is InChI=1S/C18H34N4O3S.HI/c1-18(2,3)26(24,25)12-10-20-17(19-4)21-15-9-11-22(13-15)16(23)14-7-5-6-8-14;/h14-15H,5-13H2,1-4H3,(H2,19,20,21);1H. The van der Waals surface area contributed by atoms with Crippen molar-refractivity contribution in [1.29, 1.82) is 0 Å². The maximum absolute atomic E-state index is 12.5. The Morgan fingerprint density at radius 2 is 1.81 bits per heavy atom. The Kier molecular flexibility index (Phi) is 9.30. The van der Waals surface area contributed by atoms with E-state index in [2.05, 4.69) is 15.6 Å². The van der Waals surface area contributed by atoms with Gasteiger partial charge in [0.15, 0.2) is 15.8 Å². The fraction of sp³-hybridized carbons (Fsp3) is 0.889. The van der Waals surface area contributed by atoms with Crippen molar-refractivity contribution < 1.29 is 13.2 Å². The molecule has 158 valence electrons. The van der Waals surface area contributed by atoms with E-state index in [9.17, 15) is 13.2 Å². The van der Waals surface area contributed by atoms with E-state index in [0.29, 0.717) is 25.0 Å². The number of aliphatic imine (C=N–C) groups is 1. The molecule has 0 aromatic heterocycles. The Balaban J connectivity index is 0.00000364. The molecule has 0 spiro atoms. The summed E-state index contributed by atoms with van der Waals surface area (Å²) in [5.74, 6) is 1.17. The van der Waals surface area contributed by atoms with Crippen LogP contribution in [-0.4, -0.2) is 68.4 Å². The van der Waals surface area contributed by atoms with Crippen LogP contribution >= 0.6 is 24.0 Å². The highest BCUT2D eigenvalue weighted by atomic mass is 127. The number of likely N-dealkylation sites (tertiary alicyclic amines) is 1. The molecule has 1 aliphatic carbocycles. The van der Waals surface area contributed by atoms with Crippen molar-refractivity contribution in [2.24, 2.45) is 10.9 Å². The second-order valence-electron chi connectivity index (χ2n) is 8.33. The fourth-order valence-electron chi connectivity index (χ4n) is 3.51.